The fourth-order valence-corrected chi connectivity index (χ4v) is 0.905. The van der Waals surface area contributed by atoms with Crippen molar-refractivity contribution in [3.05, 3.63) is 35.9 Å². The molecule has 1 rings (SSSR count). The number of aliphatic hydroxyl groups excluding tert-OH is 1. The van der Waals surface area contributed by atoms with E-state index in [-0.39, 0.29) is 13.0 Å². The van der Waals surface area contributed by atoms with E-state index in [1.807, 2.05) is 30.3 Å². The Morgan fingerprint density at radius 1 is 1.33 bits per heavy atom. The predicted molar refractivity (Wildman–Crippen MR) is 49.9 cm³/mol. The highest BCUT2D eigenvalue weighted by Gasteiger charge is 1.89. The number of hydrogen-bond donors (Lipinski definition) is 2. The monoisotopic (exact) mass is 167 g/mol. The highest BCUT2D eigenvalue weighted by atomic mass is 16.3. The SMILES string of the molecule is [2H]C([2H])(CCO)NCc1ccccc1. The first-order valence-corrected chi connectivity index (χ1v) is 4.04. The Labute approximate surface area is 76.0 Å². The second kappa shape index (κ2) is 5.75. The van der Waals surface area contributed by atoms with Gasteiger partial charge in [0.2, 0.25) is 0 Å². The smallest absolute Gasteiger partial charge is 0.0443 e. The van der Waals surface area contributed by atoms with Crippen LogP contribution in [-0.4, -0.2) is 18.2 Å². The molecule has 0 unspecified atom stereocenters. The van der Waals surface area contributed by atoms with Gasteiger partial charge in [-0.1, -0.05) is 30.3 Å². The maximum Gasteiger partial charge on any atom is 0.0443 e. The van der Waals surface area contributed by atoms with E-state index < -0.39 is 6.50 Å². The average molecular weight is 167 g/mol. The van der Waals surface area contributed by atoms with Gasteiger partial charge in [0.05, 0.1) is 0 Å². The van der Waals surface area contributed by atoms with Crippen molar-refractivity contribution in [2.45, 2.75) is 13.0 Å². The Balaban J connectivity index is 2.40. The van der Waals surface area contributed by atoms with Gasteiger partial charge in [0.15, 0.2) is 0 Å². The van der Waals surface area contributed by atoms with Crippen LogP contribution in [0.1, 0.15) is 14.7 Å². The number of rotatable bonds is 5. The fourth-order valence-electron chi connectivity index (χ4n) is 0.905. The first-order chi connectivity index (χ1) is 6.64. The van der Waals surface area contributed by atoms with Crippen molar-refractivity contribution in [3.8, 4) is 0 Å². The van der Waals surface area contributed by atoms with Crippen LogP contribution in [-0.2, 0) is 6.54 Å². The van der Waals surface area contributed by atoms with Gasteiger partial charge in [-0.3, -0.25) is 0 Å². The van der Waals surface area contributed by atoms with Crippen molar-refractivity contribution in [2.75, 3.05) is 13.1 Å². The minimum absolute atomic E-state index is 0.111. The van der Waals surface area contributed by atoms with Crippen molar-refractivity contribution in [1.29, 1.82) is 0 Å². The lowest BCUT2D eigenvalue weighted by molar-refractivity contribution is 0.286. The second-order valence-electron chi connectivity index (χ2n) is 2.49. The maximum absolute atomic E-state index is 8.62. The summed E-state index contributed by atoms with van der Waals surface area (Å²) in [6, 6.07) is 9.62. The third kappa shape index (κ3) is 3.51. The molecule has 0 amide bonds. The zero-order valence-corrected chi connectivity index (χ0v) is 6.96. The van der Waals surface area contributed by atoms with Crippen LogP contribution >= 0.6 is 0 Å². The molecular weight excluding hydrogens is 150 g/mol. The molecule has 1 aromatic carbocycles. The normalized spacial score (nSPS) is 13.8. The second-order valence-corrected chi connectivity index (χ2v) is 2.49. The summed E-state index contributed by atoms with van der Waals surface area (Å²) in [6.07, 6.45) is 0.111. The summed E-state index contributed by atoms with van der Waals surface area (Å²) in [5.41, 5.74) is 1.04. The van der Waals surface area contributed by atoms with E-state index in [0.717, 1.165) is 5.56 Å². The summed E-state index contributed by atoms with van der Waals surface area (Å²) >= 11 is 0. The van der Waals surface area contributed by atoms with E-state index in [1.165, 1.54) is 0 Å². The molecule has 0 heterocycles. The molecule has 0 spiro atoms. The van der Waals surface area contributed by atoms with Crippen molar-refractivity contribution < 1.29 is 7.85 Å². The van der Waals surface area contributed by atoms with Crippen LogP contribution in [0.15, 0.2) is 30.3 Å². The van der Waals surface area contributed by atoms with Crippen LogP contribution < -0.4 is 5.32 Å². The summed E-state index contributed by atoms with van der Waals surface area (Å²) in [5, 5.41) is 11.4. The minimum Gasteiger partial charge on any atom is -0.396 e. The first kappa shape index (κ1) is 6.63. The lowest BCUT2D eigenvalue weighted by atomic mass is 10.2. The Bertz CT molecular complexity index is 264. The van der Waals surface area contributed by atoms with Gasteiger partial charge in [-0.05, 0) is 18.5 Å². The van der Waals surface area contributed by atoms with Gasteiger partial charge in [-0.15, -0.1) is 0 Å². The van der Waals surface area contributed by atoms with E-state index in [4.69, 9.17) is 7.85 Å². The molecule has 66 valence electrons. The molecule has 0 fully saturated rings. The van der Waals surface area contributed by atoms with Gasteiger partial charge < -0.3 is 10.4 Å². The molecule has 0 aliphatic rings. The third-order valence-corrected chi connectivity index (χ3v) is 1.50. The maximum atomic E-state index is 8.62. The van der Waals surface area contributed by atoms with Crippen LogP contribution in [0.4, 0.5) is 0 Å². The predicted octanol–water partition coefficient (Wildman–Crippen LogP) is 1.16. The lowest BCUT2D eigenvalue weighted by Crippen LogP contribution is -2.15. The minimum atomic E-state index is -1.50. The molecule has 2 heteroatoms. The van der Waals surface area contributed by atoms with Crippen molar-refractivity contribution >= 4 is 0 Å². The molecule has 12 heavy (non-hydrogen) atoms. The van der Waals surface area contributed by atoms with Crippen LogP contribution in [0.2, 0.25) is 0 Å². The molecule has 1 aromatic rings. The van der Waals surface area contributed by atoms with Crippen molar-refractivity contribution in [1.82, 2.24) is 5.32 Å². The molecule has 0 radical (unpaired) electrons. The molecule has 0 saturated heterocycles. The molecule has 2 nitrogen and oxygen atoms in total. The van der Waals surface area contributed by atoms with Gasteiger partial charge in [0.25, 0.3) is 0 Å². The highest BCUT2D eigenvalue weighted by Crippen LogP contribution is 1.96. The number of aliphatic hydroxyl groups is 1. The standard InChI is InChI=1S/C10H15NO/c12-8-4-7-11-9-10-5-2-1-3-6-10/h1-3,5-6,11-12H,4,7-9H2/i7D2. The van der Waals surface area contributed by atoms with E-state index in [0.29, 0.717) is 6.54 Å². The van der Waals surface area contributed by atoms with Crippen LogP contribution in [0, 0.1) is 0 Å². The third-order valence-electron chi connectivity index (χ3n) is 1.50. The van der Waals surface area contributed by atoms with Gasteiger partial charge in [0.1, 0.15) is 0 Å². The summed E-state index contributed by atoms with van der Waals surface area (Å²) in [7, 11) is 0. The Kier molecular flexibility index (Phi) is 3.18. The van der Waals surface area contributed by atoms with Crippen molar-refractivity contribution in [3.63, 3.8) is 0 Å². The van der Waals surface area contributed by atoms with Crippen molar-refractivity contribution in [2.24, 2.45) is 0 Å². The number of hydrogen-bond acceptors (Lipinski definition) is 2. The zero-order valence-electron chi connectivity index (χ0n) is 8.96. The molecule has 0 bridgehead atoms. The quantitative estimate of drug-likeness (QED) is 0.689. The van der Waals surface area contributed by atoms with Crippen LogP contribution in [0.5, 0.6) is 0 Å². The first-order valence-electron chi connectivity index (χ1n) is 5.04. The van der Waals surface area contributed by atoms with Gasteiger partial charge >= 0.3 is 0 Å². The highest BCUT2D eigenvalue weighted by molar-refractivity contribution is 5.14. The lowest BCUT2D eigenvalue weighted by Gasteiger charge is -2.02. The Morgan fingerprint density at radius 3 is 2.75 bits per heavy atom. The molecule has 0 aromatic heterocycles. The van der Waals surface area contributed by atoms with E-state index in [2.05, 4.69) is 5.32 Å². The topological polar surface area (TPSA) is 32.3 Å². The number of benzene rings is 1. The molecule has 2 N–H and O–H groups in total. The van der Waals surface area contributed by atoms with Crippen LogP contribution in [0.3, 0.4) is 0 Å². The molecular formula is C10H15NO. The zero-order chi connectivity index (χ0) is 10.4. The Hall–Kier alpha value is -0.860. The van der Waals surface area contributed by atoms with Gasteiger partial charge in [-0.25, -0.2) is 0 Å². The largest absolute Gasteiger partial charge is 0.396 e. The van der Waals surface area contributed by atoms with E-state index in [1.54, 1.807) is 0 Å². The molecule has 0 saturated carbocycles. The molecule has 0 aliphatic heterocycles. The average Bonchev–Trinajstić information content (AvgIpc) is 2.17. The van der Waals surface area contributed by atoms with Gasteiger partial charge in [-0.2, -0.15) is 0 Å². The van der Waals surface area contributed by atoms with E-state index in [9.17, 15) is 0 Å². The summed E-state index contributed by atoms with van der Waals surface area (Å²) in [6.45, 7) is -1.16. The molecule has 0 aliphatic carbocycles. The summed E-state index contributed by atoms with van der Waals surface area (Å²) < 4.78 is 14.9. The van der Waals surface area contributed by atoms with E-state index >= 15 is 0 Å². The van der Waals surface area contributed by atoms with Crippen LogP contribution in [0.25, 0.3) is 0 Å². The summed E-state index contributed by atoms with van der Waals surface area (Å²) in [4.78, 5) is 0. The molecule has 0 atom stereocenters. The van der Waals surface area contributed by atoms with Gasteiger partial charge in [0, 0.05) is 15.9 Å². The fraction of sp³-hybridized carbons (Fsp3) is 0.400. The summed E-state index contributed by atoms with van der Waals surface area (Å²) in [5.74, 6) is 0. The number of nitrogens with one attached hydrogen (secondary N) is 1. The Morgan fingerprint density at radius 2 is 2.08 bits per heavy atom.